The minimum atomic E-state index is -0.144. The van der Waals surface area contributed by atoms with Crippen molar-refractivity contribution >= 4 is 34.1 Å². The Bertz CT molecular complexity index is 392. The van der Waals surface area contributed by atoms with Crippen molar-refractivity contribution in [3.8, 4) is 0 Å². The molecule has 2 rings (SSSR count). The third kappa shape index (κ3) is 1.13. The number of thiol groups is 1. The monoisotopic (exact) mass is 198 g/mol. The molecule has 1 aromatic carbocycles. The largest absolute Gasteiger partial charge is 0.195 e. The Hall–Kier alpha value is -0.540. The molecule has 0 unspecified atom stereocenters. The van der Waals surface area contributed by atoms with Crippen LogP contribution < -0.4 is 0 Å². The predicted molar refractivity (Wildman–Crippen MR) is 53.8 cm³/mol. The highest BCUT2D eigenvalue weighted by Gasteiger charge is 2.05. The van der Waals surface area contributed by atoms with Crippen LogP contribution in [0.2, 0.25) is 0 Å². The molecule has 62 valence electrons. The van der Waals surface area contributed by atoms with Gasteiger partial charge in [-0.1, -0.05) is 6.07 Å². The fraction of sp³-hybridized carbons (Fsp3) is 0.111. The average molecular weight is 198 g/mol. The van der Waals surface area contributed by atoms with Crippen LogP contribution in [-0.2, 0) is 0 Å². The van der Waals surface area contributed by atoms with Crippen molar-refractivity contribution in [2.45, 2.75) is 11.8 Å². The van der Waals surface area contributed by atoms with Gasteiger partial charge in [-0.05, 0) is 24.6 Å². The number of rotatable bonds is 0. The summed E-state index contributed by atoms with van der Waals surface area (Å²) < 4.78 is 13.9. The van der Waals surface area contributed by atoms with Gasteiger partial charge in [-0.3, -0.25) is 0 Å². The van der Waals surface area contributed by atoms with Gasteiger partial charge in [0.2, 0.25) is 0 Å². The Morgan fingerprint density at radius 2 is 2.17 bits per heavy atom. The van der Waals surface area contributed by atoms with Gasteiger partial charge >= 0.3 is 0 Å². The fourth-order valence-corrected chi connectivity index (χ4v) is 2.42. The lowest BCUT2D eigenvalue weighted by atomic mass is 10.2. The zero-order chi connectivity index (χ0) is 8.72. The summed E-state index contributed by atoms with van der Waals surface area (Å²) in [6.45, 7) is 1.98. The number of hydrogen-bond donors (Lipinski definition) is 1. The summed E-state index contributed by atoms with van der Waals surface area (Å²) >= 11 is 5.43. The molecule has 0 spiro atoms. The van der Waals surface area contributed by atoms with Gasteiger partial charge < -0.3 is 0 Å². The van der Waals surface area contributed by atoms with Gasteiger partial charge in [0, 0.05) is 15.0 Å². The minimum Gasteiger partial charge on any atom is -0.195 e. The molecule has 1 aromatic heterocycles. The first-order valence-electron chi connectivity index (χ1n) is 3.56. The smallest absolute Gasteiger partial charge is 0.177 e. The SMILES string of the molecule is Cc1ccc(S)c2cc(F)sc12. The highest BCUT2D eigenvalue weighted by Crippen LogP contribution is 2.31. The van der Waals surface area contributed by atoms with E-state index >= 15 is 0 Å². The van der Waals surface area contributed by atoms with Crippen LogP contribution in [0.15, 0.2) is 23.1 Å². The average Bonchev–Trinajstić information content (AvgIpc) is 2.41. The van der Waals surface area contributed by atoms with Crippen LogP contribution in [0.5, 0.6) is 0 Å². The van der Waals surface area contributed by atoms with E-state index in [1.807, 2.05) is 19.1 Å². The van der Waals surface area contributed by atoms with E-state index in [4.69, 9.17) is 0 Å². The summed E-state index contributed by atoms with van der Waals surface area (Å²) in [7, 11) is 0. The Morgan fingerprint density at radius 1 is 1.42 bits per heavy atom. The van der Waals surface area contributed by atoms with Crippen molar-refractivity contribution in [2.24, 2.45) is 0 Å². The van der Waals surface area contributed by atoms with Crippen LogP contribution in [0.1, 0.15) is 5.56 Å². The summed E-state index contributed by atoms with van der Waals surface area (Å²) in [5, 5.41) is 0.774. The molecule has 3 heteroatoms. The third-order valence-electron chi connectivity index (χ3n) is 1.83. The second kappa shape index (κ2) is 2.75. The molecule has 0 saturated heterocycles. The van der Waals surface area contributed by atoms with E-state index < -0.39 is 0 Å². The van der Waals surface area contributed by atoms with Crippen molar-refractivity contribution in [1.82, 2.24) is 0 Å². The van der Waals surface area contributed by atoms with Gasteiger partial charge in [0.1, 0.15) is 0 Å². The van der Waals surface area contributed by atoms with Crippen molar-refractivity contribution in [1.29, 1.82) is 0 Å². The molecule has 0 N–H and O–H groups in total. The lowest BCUT2D eigenvalue weighted by molar-refractivity contribution is 0.658. The van der Waals surface area contributed by atoms with E-state index in [-0.39, 0.29) is 5.13 Å². The highest BCUT2D eigenvalue weighted by molar-refractivity contribution is 7.80. The van der Waals surface area contributed by atoms with E-state index in [2.05, 4.69) is 12.6 Å². The summed E-state index contributed by atoms with van der Waals surface area (Å²) in [5.74, 6) is 0. The molecule has 0 saturated carbocycles. The van der Waals surface area contributed by atoms with E-state index in [0.717, 1.165) is 20.5 Å². The minimum absolute atomic E-state index is 0.144. The maximum Gasteiger partial charge on any atom is 0.177 e. The first-order valence-corrected chi connectivity index (χ1v) is 4.82. The third-order valence-corrected chi connectivity index (χ3v) is 3.28. The number of hydrogen-bond acceptors (Lipinski definition) is 2. The van der Waals surface area contributed by atoms with Gasteiger partial charge in [0.15, 0.2) is 5.13 Å². The quantitative estimate of drug-likeness (QED) is 0.614. The highest BCUT2D eigenvalue weighted by atomic mass is 32.1. The summed E-state index contributed by atoms with van der Waals surface area (Å²) in [6.07, 6.45) is 0. The summed E-state index contributed by atoms with van der Waals surface area (Å²) in [6, 6.07) is 5.39. The summed E-state index contributed by atoms with van der Waals surface area (Å²) in [4.78, 5) is 0.843. The van der Waals surface area contributed by atoms with Crippen molar-refractivity contribution in [2.75, 3.05) is 0 Å². The summed E-state index contributed by atoms with van der Waals surface area (Å²) in [5.41, 5.74) is 1.11. The van der Waals surface area contributed by atoms with Gasteiger partial charge in [0.25, 0.3) is 0 Å². The van der Waals surface area contributed by atoms with Gasteiger partial charge in [-0.25, -0.2) is 0 Å². The molecule has 0 nitrogen and oxygen atoms in total. The molecule has 0 bridgehead atoms. The fourth-order valence-electron chi connectivity index (χ4n) is 1.21. The normalized spacial score (nSPS) is 10.9. The topological polar surface area (TPSA) is 0 Å². The van der Waals surface area contributed by atoms with Gasteiger partial charge in [0.05, 0.1) is 0 Å². The Balaban J connectivity index is 2.93. The molecule has 2 aromatic rings. The van der Waals surface area contributed by atoms with E-state index in [1.54, 1.807) is 0 Å². The number of fused-ring (bicyclic) bond motifs is 1. The van der Waals surface area contributed by atoms with Crippen LogP contribution in [0.3, 0.4) is 0 Å². The maximum absolute atomic E-state index is 12.9. The number of benzene rings is 1. The zero-order valence-electron chi connectivity index (χ0n) is 6.47. The lowest BCUT2D eigenvalue weighted by Gasteiger charge is -1.96. The van der Waals surface area contributed by atoms with E-state index in [9.17, 15) is 4.39 Å². The first-order chi connectivity index (χ1) is 5.68. The molecular weight excluding hydrogens is 191 g/mol. The number of halogens is 1. The number of aryl methyl sites for hydroxylation is 1. The van der Waals surface area contributed by atoms with Crippen LogP contribution in [0.4, 0.5) is 4.39 Å². The standard InChI is InChI=1S/C9H7FS2/c1-5-2-3-7(11)6-4-8(10)12-9(5)6/h2-4,11H,1H3. The van der Waals surface area contributed by atoms with Crippen LogP contribution in [0, 0.1) is 12.1 Å². The molecule has 0 aliphatic heterocycles. The molecule has 0 amide bonds. The van der Waals surface area contributed by atoms with E-state index in [1.165, 1.54) is 17.4 Å². The molecule has 12 heavy (non-hydrogen) atoms. The van der Waals surface area contributed by atoms with Crippen molar-refractivity contribution < 1.29 is 4.39 Å². The Morgan fingerprint density at radius 3 is 2.83 bits per heavy atom. The van der Waals surface area contributed by atoms with Crippen LogP contribution in [-0.4, -0.2) is 0 Å². The molecule has 0 fully saturated rings. The lowest BCUT2D eigenvalue weighted by Crippen LogP contribution is -1.72. The molecule has 1 heterocycles. The predicted octanol–water partition coefficient (Wildman–Crippen LogP) is 3.64. The van der Waals surface area contributed by atoms with Gasteiger partial charge in [-0.2, -0.15) is 4.39 Å². The Labute approximate surface area is 79.4 Å². The Kier molecular flexibility index (Phi) is 1.85. The molecule has 0 aliphatic carbocycles. The molecule has 0 atom stereocenters. The second-order valence-electron chi connectivity index (χ2n) is 2.69. The number of thiophene rings is 1. The first kappa shape index (κ1) is 8.08. The van der Waals surface area contributed by atoms with Crippen molar-refractivity contribution in [3.63, 3.8) is 0 Å². The zero-order valence-corrected chi connectivity index (χ0v) is 8.18. The van der Waals surface area contributed by atoms with Gasteiger partial charge in [-0.15, -0.1) is 24.0 Å². The molecular formula is C9H7FS2. The molecule has 0 aliphatic rings. The second-order valence-corrected chi connectivity index (χ2v) is 4.18. The van der Waals surface area contributed by atoms with Crippen LogP contribution >= 0.6 is 24.0 Å². The maximum atomic E-state index is 12.9. The van der Waals surface area contributed by atoms with Crippen molar-refractivity contribution in [3.05, 3.63) is 28.9 Å². The van der Waals surface area contributed by atoms with Crippen LogP contribution in [0.25, 0.3) is 10.1 Å². The molecule has 0 radical (unpaired) electrons. The van der Waals surface area contributed by atoms with E-state index in [0.29, 0.717) is 0 Å².